The lowest BCUT2D eigenvalue weighted by atomic mass is 10.0. The first-order valence-electron chi connectivity index (χ1n) is 5.70. The summed E-state index contributed by atoms with van der Waals surface area (Å²) in [5, 5.41) is 0. The Labute approximate surface area is 107 Å². The Bertz CT molecular complexity index is 524. The van der Waals surface area contributed by atoms with E-state index >= 15 is 0 Å². The fraction of sp³-hybridized carbons (Fsp3) is 0.0625. The summed E-state index contributed by atoms with van der Waals surface area (Å²) in [6, 6.07) is 15.6. The molecule has 90 valence electrons. The van der Waals surface area contributed by atoms with Crippen LogP contribution in [0.3, 0.4) is 0 Å². The fourth-order valence-corrected chi connectivity index (χ4v) is 1.70. The molecule has 0 amide bonds. The second-order valence-corrected chi connectivity index (χ2v) is 3.91. The molecule has 0 unspecified atom stereocenters. The van der Waals surface area contributed by atoms with Gasteiger partial charge in [-0.15, -0.1) is 0 Å². The van der Waals surface area contributed by atoms with Crippen molar-refractivity contribution in [2.75, 3.05) is 0 Å². The average Bonchev–Trinajstić information content (AvgIpc) is 2.46. The van der Waals surface area contributed by atoms with Gasteiger partial charge in [0.25, 0.3) is 0 Å². The molecule has 0 saturated heterocycles. The molecule has 0 aliphatic heterocycles. The van der Waals surface area contributed by atoms with Crippen molar-refractivity contribution >= 4 is 6.29 Å². The highest BCUT2D eigenvalue weighted by Gasteiger charge is 1.98. The minimum atomic E-state index is 0.536. The Kier molecular flexibility index (Phi) is 3.92. The first-order chi connectivity index (χ1) is 8.83. The maximum atomic E-state index is 10.6. The van der Waals surface area contributed by atoms with Crippen molar-refractivity contribution < 1.29 is 9.53 Å². The predicted octanol–water partition coefficient (Wildman–Crippen LogP) is 3.83. The largest absolute Gasteiger partial charge is 0.497 e. The van der Waals surface area contributed by atoms with Gasteiger partial charge in [0.15, 0.2) is 0 Å². The third-order valence-corrected chi connectivity index (χ3v) is 2.70. The van der Waals surface area contributed by atoms with E-state index in [2.05, 4.69) is 6.58 Å². The zero-order chi connectivity index (χ0) is 12.8. The van der Waals surface area contributed by atoms with Crippen LogP contribution in [0.4, 0.5) is 0 Å². The van der Waals surface area contributed by atoms with Crippen LogP contribution >= 0.6 is 0 Å². The second kappa shape index (κ2) is 5.82. The lowest BCUT2D eigenvalue weighted by Crippen LogP contribution is -1.86. The fourth-order valence-electron chi connectivity index (χ4n) is 1.70. The van der Waals surface area contributed by atoms with Crippen molar-refractivity contribution in [2.45, 2.75) is 6.61 Å². The van der Waals surface area contributed by atoms with E-state index in [0.29, 0.717) is 12.2 Å². The highest BCUT2D eigenvalue weighted by molar-refractivity contribution is 5.76. The van der Waals surface area contributed by atoms with Crippen molar-refractivity contribution in [1.82, 2.24) is 0 Å². The van der Waals surface area contributed by atoms with E-state index in [-0.39, 0.29) is 0 Å². The molecule has 0 aliphatic rings. The van der Waals surface area contributed by atoms with Gasteiger partial charge in [-0.2, -0.15) is 0 Å². The third-order valence-electron chi connectivity index (χ3n) is 2.70. The third kappa shape index (κ3) is 2.86. The normalized spacial score (nSPS) is 9.78. The highest BCUT2D eigenvalue weighted by Crippen LogP contribution is 2.20. The van der Waals surface area contributed by atoms with Gasteiger partial charge in [0, 0.05) is 5.56 Å². The molecule has 0 radical (unpaired) electrons. The van der Waals surface area contributed by atoms with Gasteiger partial charge in [0.05, 0.1) is 6.26 Å². The maximum Gasteiger partial charge on any atom is 0.150 e. The molecular formula is C16H14O2. The quantitative estimate of drug-likeness (QED) is 0.584. The van der Waals surface area contributed by atoms with Gasteiger partial charge in [-0.25, -0.2) is 0 Å². The summed E-state index contributed by atoms with van der Waals surface area (Å²) in [6.45, 7) is 4.04. The molecule has 0 heterocycles. The molecule has 2 nitrogen and oxygen atoms in total. The van der Waals surface area contributed by atoms with Crippen molar-refractivity contribution in [3.05, 3.63) is 72.5 Å². The standard InChI is InChI=1S/C16H14O2/c1-2-18-12-14-5-9-16(10-6-14)15-7-3-13(11-17)4-8-15/h2-11H,1,12H2. The zero-order valence-corrected chi connectivity index (χ0v) is 10.0. The number of hydrogen-bond acceptors (Lipinski definition) is 2. The number of hydrogen-bond donors (Lipinski definition) is 0. The molecule has 0 fully saturated rings. The first-order valence-corrected chi connectivity index (χ1v) is 5.70. The second-order valence-electron chi connectivity index (χ2n) is 3.91. The molecule has 0 atom stereocenters. The minimum absolute atomic E-state index is 0.536. The molecular weight excluding hydrogens is 224 g/mol. The van der Waals surface area contributed by atoms with E-state index in [0.717, 1.165) is 23.0 Å². The van der Waals surface area contributed by atoms with Crippen LogP contribution < -0.4 is 0 Å². The number of carbonyl (C=O) groups excluding carboxylic acids is 1. The van der Waals surface area contributed by atoms with Crippen molar-refractivity contribution in [3.63, 3.8) is 0 Å². The molecule has 0 bridgehead atoms. The molecule has 0 aliphatic carbocycles. The molecule has 0 spiro atoms. The van der Waals surface area contributed by atoms with Crippen LogP contribution in [0.25, 0.3) is 11.1 Å². The van der Waals surface area contributed by atoms with Crippen molar-refractivity contribution in [3.8, 4) is 11.1 Å². The van der Waals surface area contributed by atoms with Crippen LogP contribution in [0.5, 0.6) is 0 Å². The van der Waals surface area contributed by atoms with Gasteiger partial charge in [0.1, 0.15) is 12.9 Å². The Balaban J connectivity index is 2.17. The van der Waals surface area contributed by atoms with Crippen LogP contribution in [-0.4, -0.2) is 6.29 Å². The monoisotopic (exact) mass is 238 g/mol. The van der Waals surface area contributed by atoms with E-state index in [4.69, 9.17) is 4.74 Å². The zero-order valence-electron chi connectivity index (χ0n) is 10.0. The van der Waals surface area contributed by atoms with E-state index in [1.165, 1.54) is 6.26 Å². The first kappa shape index (κ1) is 12.1. The van der Waals surface area contributed by atoms with E-state index in [1.54, 1.807) is 0 Å². The number of benzene rings is 2. The minimum Gasteiger partial charge on any atom is -0.497 e. The van der Waals surface area contributed by atoms with E-state index in [1.807, 2.05) is 48.5 Å². The van der Waals surface area contributed by atoms with Gasteiger partial charge >= 0.3 is 0 Å². The molecule has 2 heteroatoms. The van der Waals surface area contributed by atoms with Crippen LogP contribution in [0.1, 0.15) is 15.9 Å². The Hall–Kier alpha value is -2.35. The lowest BCUT2D eigenvalue weighted by molar-refractivity contribution is 0.112. The van der Waals surface area contributed by atoms with Crippen molar-refractivity contribution in [2.24, 2.45) is 0 Å². The molecule has 0 N–H and O–H groups in total. The number of aldehydes is 1. The topological polar surface area (TPSA) is 26.3 Å². The maximum absolute atomic E-state index is 10.6. The molecule has 0 aromatic heterocycles. The Morgan fingerprint density at radius 3 is 2.00 bits per heavy atom. The van der Waals surface area contributed by atoms with Gasteiger partial charge in [-0.05, 0) is 16.7 Å². The highest BCUT2D eigenvalue weighted by atomic mass is 16.5. The number of ether oxygens (including phenoxy) is 1. The Morgan fingerprint density at radius 2 is 1.50 bits per heavy atom. The summed E-state index contributed by atoms with van der Waals surface area (Å²) >= 11 is 0. The summed E-state index contributed by atoms with van der Waals surface area (Å²) in [5.41, 5.74) is 4.00. The molecule has 0 saturated carbocycles. The van der Waals surface area contributed by atoms with Gasteiger partial charge in [-0.3, -0.25) is 4.79 Å². The smallest absolute Gasteiger partial charge is 0.150 e. The molecule has 2 aromatic carbocycles. The summed E-state index contributed by atoms with van der Waals surface area (Å²) in [5.74, 6) is 0. The summed E-state index contributed by atoms with van der Waals surface area (Å²) in [4.78, 5) is 10.6. The summed E-state index contributed by atoms with van der Waals surface area (Å²) in [6.07, 6.45) is 2.28. The van der Waals surface area contributed by atoms with Crippen LogP contribution in [0, 0.1) is 0 Å². The predicted molar refractivity (Wildman–Crippen MR) is 72.3 cm³/mol. The number of rotatable bonds is 5. The number of carbonyl (C=O) groups is 1. The molecule has 18 heavy (non-hydrogen) atoms. The molecule has 2 rings (SSSR count). The van der Waals surface area contributed by atoms with Crippen LogP contribution in [0.2, 0.25) is 0 Å². The van der Waals surface area contributed by atoms with Crippen LogP contribution in [0.15, 0.2) is 61.4 Å². The van der Waals surface area contributed by atoms with Gasteiger partial charge < -0.3 is 4.74 Å². The van der Waals surface area contributed by atoms with Crippen molar-refractivity contribution in [1.29, 1.82) is 0 Å². The summed E-state index contributed by atoms with van der Waals surface area (Å²) in [7, 11) is 0. The Morgan fingerprint density at radius 1 is 0.944 bits per heavy atom. The lowest BCUT2D eigenvalue weighted by Gasteiger charge is -2.04. The van der Waals surface area contributed by atoms with Gasteiger partial charge in [-0.1, -0.05) is 55.1 Å². The molecule has 2 aromatic rings. The van der Waals surface area contributed by atoms with E-state index in [9.17, 15) is 4.79 Å². The average molecular weight is 238 g/mol. The van der Waals surface area contributed by atoms with Gasteiger partial charge in [0.2, 0.25) is 0 Å². The van der Waals surface area contributed by atoms with Crippen LogP contribution in [-0.2, 0) is 11.3 Å². The SMILES string of the molecule is C=COCc1ccc(-c2ccc(C=O)cc2)cc1. The van der Waals surface area contributed by atoms with E-state index < -0.39 is 0 Å². The summed E-state index contributed by atoms with van der Waals surface area (Å²) < 4.78 is 5.12.